The van der Waals surface area contributed by atoms with Crippen LogP contribution in [0.5, 0.6) is 0 Å². The van der Waals surface area contributed by atoms with Crippen molar-refractivity contribution in [3.63, 3.8) is 0 Å². The van der Waals surface area contributed by atoms with Gasteiger partial charge in [-0.1, -0.05) is 29.3 Å². The van der Waals surface area contributed by atoms with Gasteiger partial charge in [0.05, 0.1) is 15.6 Å². The molecule has 1 aromatic rings. The molecule has 1 heterocycles. The fourth-order valence-electron chi connectivity index (χ4n) is 2.02. The van der Waals surface area contributed by atoms with Crippen molar-refractivity contribution in [2.45, 2.75) is 25.0 Å². The molecule has 1 fully saturated rings. The first-order chi connectivity index (χ1) is 8.59. The third kappa shape index (κ3) is 3.84. The van der Waals surface area contributed by atoms with Gasteiger partial charge < -0.3 is 15.2 Å². The average Bonchev–Trinajstić information content (AvgIpc) is 2.34. The SMILES string of the molecule is OC1(CNCc2ccc(Cl)c(Cl)c2)CCOCC1. The smallest absolute Gasteiger partial charge is 0.0815 e. The van der Waals surface area contributed by atoms with Crippen molar-refractivity contribution in [2.24, 2.45) is 0 Å². The Labute approximate surface area is 117 Å². The monoisotopic (exact) mass is 289 g/mol. The van der Waals surface area contributed by atoms with Gasteiger partial charge in [0.1, 0.15) is 0 Å². The van der Waals surface area contributed by atoms with Gasteiger partial charge in [-0.15, -0.1) is 0 Å². The van der Waals surface area contributed by atoms with E-state index in [4.69, 9.17) is 27.9 Å². The molecule has 1 aromatic carbocycles. The fourth-order valence-corrected chi connectivity index (χ4v) is 2.34. The molecule has 1 aliphatic heterocycles. The lowest BCUT2D eigenvalue weighted by Gasteiger charge is -2.32. The van der Waals surface area contributed by atoms with E-state index in [-0.39, 0.29) is 0 Å². The Morgan fingerprint density at radius 1 is 1.22 bits per heavy atom. The number of hydrogen-bond acceptors (Lipinski definition) is 3. The van der Waals surface area contributed by atoms with Gasteiger partial charge in [0.2, 0.25) is 0 Å². The van der Waals surface area contributed by atoms with E-state index in [1.54, 1.807) is 6.07 Å². The molecule has 0 unspecified atom stereocenters. The number of rotatable bonds is 4. The van der Waals surface area contributed by atoms with Crippen LogP contribution in [0.2, 0.25) is 10.0 Å². The molecule has 0 saturated carbocycles. The molecule has 100 valence electrons. The zero-order valence-electron chi connectivity index (χ0n) is 10.1. The van der Waals surface area contributed by atoms with Crippen molar-refractivity contribution >= 4 is 23.2 Å². The molecule has 0 aromatic heterocycles. The van der Waals surface area contributed by atoms with E-state index in [0.29, 0.717) is 49.2 Å². The normalized spacial score (nSPS) is 18.8. The molecule has 5 heteroatoms. The van der Waals surface area contributed by atoms with Crippen LogP contribution in [-0.2, 0) is 11.3 Å². The molecule has 3 nitrogen and oxygen atoms in total. The quantitative estimate of drug-likeness (QED) is 0.895. The Hall–Kier alpha value is -0.320. The third-order valence-corrected chi connectivity index (χ3v) is 3.93. The van der Waals surface area contributed by atoms with Gasteiger partial charge in [-0.2, -0.15) is 0 Å². The van der Waals surface area contributed by atoms with E-state index < -0.39 is 5.60 Å². The van der Waals surface area contributed by atoms with Gasteiger partial charge in [-0.25, -0.2) is 0 Å². The van der Waals surface area contributed by atoms with Crippen LogP contribution in [0.1, 0.15) is 18.4 Å². The lowest BCUT2D eigenvalue weighted by Crippen LogP contribution is -2.44. The van der Waals surface area contributed by atoms with Crippen molar-refractivity contribution < 1.29 is 9.84 Å². The second kappa shape index (κ2) is 6.22. The van der Waals surface area contributed by atoms with E-state index in [1.165, 1.54) is 0 Å². The van der Waals surface area contributed by atoms with Gasteiger partial charge >= 0.3 is 0 Å². The van der Waals surface area contributed by atoms with Crippen LogP contribution in [0.15, 0.2) is 18.2 Å². The van der Waals surface area contributed by atoms with E-state index in [9.17, 15) is 5.11 Å². The molecule has 18 heavy (non-hydrogen) atoms. The Morgan fingerprint density at radius 2 is 1.94 bits per heavy atom. The lowest BCUT2D eigenvalue weighted by molar-refractivity contribution is -0.0617. The number of ether oxygens (including phenoxy) is 1. The van der Waals surface area contributed by atoms with E-state index in [1.807, 2.05) is 12.1 Å². The summed E-state index contributed by atoms with van der Waals surface area (Å²) in [5.74, 6) is 0. The minimum absolute atomic E-state index is 0.556. The van der Waals surface area contributed by atoms with Crippen molar-refractivity contribution in [3.05, 3.63) is 33.8 Å². The van der Waals surface area contributed by atoms with Crippen LogP contribution < -0.4 is 5.32 Å². The first-order valence-corrected chi connectivity index (χ1v) is 6.79. The van der Waals surface area contributed by atoms with Gasteiger partial charge in [0.25, 0.3) is 0 Å². The highest BCUT2D eigenvalue weighted by Crippen LogP contribution is 2.23. The molecule has 0 amide bonds. The molecule has 0 bridgehead atoms. The summed E-state index contributed by atoms with van der Waals surface area (Å²) in [6, 6.07) is 5.55. The van der Waals surface area contributed by atoms with Gasteiger partial charge in [0, 0.05) is 39.1 Å². The zero-order chi connectivity index (χ0) is 13.0. The van der Waals surface area contributed by atoms with Crippen molar-refractivity contribution in [3.8, 4) is 0 Å². The molecule has 1 saturated heterocycles. The highest BCUT2D eigenvalue weighted by atomic mass is 35.5. The molecular formula is C13H17Cl2NO2. The first kappa shape index (κ1) is 14.1. The summed E-state index contributed by atoms with van der Waals surface area (Å²) in [7, 11) is 0. The first-order valence-electron chi connectivity index (χ1n) is 6.04. The van der Waals surface area contributed by atoms with Crippen LogP contribution in [0.3, 0.4) is 0 Å². The maximum absolute atomic E-state index is 10.3. The predicted octanol–water partition coefficient (Wildman–Crippen LogP) is 2.62. The fraction of sp³-hybridized carbons (Fsp3) is 0.538. The summed E-state index contributed by atoms with van der Waals surface area (Å²) in [5.41, 5.74) is 0.411. The molecule has 0 radical (unpaired) electrons. The topological polar surface area (TPSA) is 41.5 Å². The number of benzene rings is 1. The predicted molar refractivity (Wildman–Crippen MR) is 73.2 cm³/mol. The van der Waals surface area contributed by atoms with E-state index in [0.717, 1.165) is 5.56 Å². The standard InChI is InChI=1S/C13H17Cl2NO2/c14-11-2-1-10(7-12(11)15)8-16-9-13(17)3-5-18-6-4-13/h1-2,7,16-17H,3-6,8-9H2. The Balaban J connectivity index is 1.82. The number of halogens is 2. The lowest BCUT2D eigenvalue weighted by atomic mass is 9.94. The second-order valence-electron chi connectivity index (χ2n) is 4.69. The summed E-state index contributed by atoms with van der Waals surface area (Å²) in [6.07, 6.45) is 1.36. The second-order valence-corrected chi connectivity index (χ2v) is 5.50. The highest BCUT2D eigenvalue weighted by Gasteiger charge is 2.28. The number of hydrogen-bond donors (Lipinski definition) is 2. The van der Waals surface area contributed by atoms with Gasteiger partial charge in [-0.05, 0) is 17.7 Å². The highest BCUT2D eigenvalue weighted by molar-refractivity contribution is 6.42. The maximum Gasteiger partial charge on any atom is 0.0815 e. The minimum Gasteiger partial charge on any atom is -0.388 e. The molecule has 0 atom stereocenters. The van der Waals surface area contributed by atoms with Crippen LogP contribution in [0.4, 0.5) is 0 Å². The summed E-state index contributed by atoms with van der Waals surface area (Å²) < 4.78 is 5.24. The minimum atomic E-state index is -0.644. The summed E-state index contributed by atoms with van der Waals surface area (Å²) in [5, 5.41) is 14.6. The van der Waals surface area contributed by atoms with E-state index >= 15 is 0 Å². The largest absolute Gasteiger partial charge is 0.388 e. The van der Waals surface area contributed by atoms with Crippen LogP contribution >= 0.6 is 23.2 Å². The zero-order valence-corrected chi connectivity index (χ0v) is 11.6. The summed E-state index contributed by atoms with van der Waals surface area (Å²) >= 11 is 11.8. The average molecular weight is 290 g/mol. The molecule has 2 N–H and O–H groups in total. The van der Waals surface area contributed by atoms with Crippen LogP contribution in [-0.4, -0.2) is 30.5 Å². The van der Waals surface area contributed by atoms with Crippen molar-refractivity contribution in [2.75, 3.05) is 19.8 Å². The molecule has 0 aliphatic carbocycles. The number of aliphatic hydroxyl groups is 1. The Kier molecular flexibility index (Phi) is 4.87. The molecule has 1 aliphatic rings. The Bertz CT molecular complexity index is 406. The molecular weight excluding hydrogens is 273 g/mol. The third-order valence-electron chi connectivity index (χ3n) is 3.19. The Morgan fingerprint density at radius 3 is 2.61 bits per heavy atom. The molecule has 0 spiro atoms. The summed E-state index contributed by atoms with van der Waals surface area (Å²) in [4.78, 5) is 0. The van der Waals surface area contributed by atoms with Gasteiger partial charge in [-0.3, -0.25) is 0 Å². The molecule has 2 rings (SSSR count). The van der Waals surface area contributed by atoms with E-state index in [2.05, 4.69) is 5.32 Å². The summed E-state index contributed by atoms with van der Waals surface area (Å²) in [6.45, 7) is 2.49. The van der Waals surface area contributed by atoms with Gasteiger partial charge in [0.15, 0.2) is 0 Å². The maximum atomic E-state index is 10.3. The number of nitrogens with one attached hydrogen (secondary N) is 1. The van der Waals surface area contributed by atoms with Crippen LogP contribution in [0.25, 0.3) is 0 Å². The van der Waals surface area contributed by atoms with Crippen LogP contribution in [0, 0.1) is 0 Å². The van der Waals surface area contributed by atoms with Crippen molar-refractivity contribution in [1.29, 1.82) is 0 Å². The van der Waals surface area contributed by atoms with Crippen molar-refractivity contribution in [1.82, 2.24) is 5.32 Å².